The van der Waals surface area contributed by atoms with Gasteiger partial charge in [0.05, 0.1) is 6.04 Å². The fraction of sp³-hybridized carbons (Fsp3) is 0.280. The molecule has 3 aromatic rings. The zero-order chi connectivity index (χ0) is 21.0. The van der Waals surface area contributed by atoms with Crippen LogP contribution in [0.25, 0.3) is 0 Å². The Labute approximate surface area is 176 Å². The molecule has 0 bridgehead atoms. The summed E-state index contributed by atoms with van der Waals surface area (Å²) in [6, 6.07) is 23.3. The van der Waals surface area contributed by atoms with Crippen molar-refractivity contribution >= 4 is 5.97 Å². The first-order valence-corrected chi connectivity index (χ1v) is 10.2. The lowest BCUT2D eigenvalue weighted by Crippen LogP contribution is -2.70. The molecule has 0 aliphatic carbocycles. The zero-order valence-electron chi connectivity index (χ0n) is 16.7. The van der Waals surface area contributed by atoms with E-state index in [0.717, 1.165) is 23.2 Å². The number of carboxylic acids is 1. The van der Waals surface area contributed by atoms with E-state index in [1.807, 2.05) is 71.8 Å². The highest BCUT2D eigenvalue weighted by Gasteiger charge is 2.58. The highest BCUT2D eigenvalue weighted by molar-refractivity contribution is 5.80. The number of carbonyl (C=O) groups is 1. The maximum atomic E-state index is 15.0. The summed E-state index contributed by atoms with van der Waals surface area (Å²) in [7, 11) is 0. The fourth-order valence-corrected chi connectivity index (χ4v) is 4.12. The molecule has 2 aromatic carbocycles. The van der Waals surface area contributed by atoms with Crippen LogP contribution in [0.15, 0.2) is 79.0 Å². The van der Waals surface area contributed by atoms with Gasteiger partial charge in [-0.25, -0.2) is 9.18 Å². The summed E-state index contributed by atoms with van der Waals surface area (Å²) < 4.78 is 15.0. The molecular formula is C25H25FN2O2. The van der Waals surface area contributed by atoms with Crippen LogP contribution < -0.4 is 0 Å². The second-order valence-electron chi connectivity index (χ2n) is 7.93. The predicted molar refractivity (Wildman–Crippen MR) is 114 cm³/mol. The molecule has 1 N–H and O–H groups in total. The van der Waals surface area contributed by atoms with Crippen LogP contribution in [0.3, 0.4) is 0 Å². The molecular weight excluding hydrogens is 379 g/mol. The molecule has 2 heterocycles. The maximum Gasteiger partial charge on any atom is 0.344 e. The lowest BCUT2D eigenvalue weighted by atomic mass is 9.81. The summed E-state index contributed by atoms with van der Waals surface area (Å²) in [5.74, 6) is -1.37. The Kier molecular flexibility index (Phi) is 5.91. The quantitative estimate of drug-likeness (QED) is 0.609. The van der Waals surface area contributed by atoms with Crippen molar-refractivity contribution < 1.29 is 14.3 Å². The van der Waals surface area contributed by atoms with Crippen LogP contribution in [-0.2, 0) is 24.2 Å². The van der Waals surface area contributed by atoms with Crippen LogP contribution in [0, 0.1) is 0 Å². The number of halogens is 1. The summed E-state index contributed by atoms with van der Waals surface area (Å²) in [6.45, 7) is 0.471. The smallest absolute Gasteiger partial charge is 0.344 e. The van der Waals surface area contributed by atoms with Gasteiger partial charge < -0.3 is 5.11 Å². The van der Waals surface area contributed by atoms with E-state index in [1.54, 1.807) is 0 Å². The Morgan fingerprint density at radius 3 is 2.27 bits per heavy atom. The molecule has 4 rings (SSSR count). The highest BCUT2D eigenvalue weighted by Crippen LogP contribution is 2.37. The van der Waals surface area contributed by atoms with Gasteiger partial charge in [-0.3, -0.25) is 9.88 Å². The summed E-state index contributed by atoms with van der Waals surface area (Å²) in [5.41, 5.74) is 2.05. The molecule has 0 amide bonds. The number of aromatic nitrogens is 1. The van der Waals surface area contributed by atoms with E-state index in [2.05, 4.69) is 17.1 Å². The topological polar surface area (TPSA) is 53.4 Å². The number of benzene rings is 2. The molecule has 2 unspecified atom stereocenters. The first kappa shape index (κ1) is 20.2. The van der Waals surface area contributed by atoms with E-state index >= 15 is 0 Å². The van der Waals surface area contributed by atoms with Crippen molar-refractivity contribution in [3.05, 3.63) is 101 Å². The van der Waals surface area contributed by atoms with Gasteiger partial charge in [0.1, 0.15) is 0 Å². The Morgan fingerprint density at radius 2 is 1.67 bits per heavy atom. The molecule has 4 nitrogen and oxygen atoms in total. The highest BCUT2D eigenvalue weighted by atomic mass is 19.1. The minimum atomic E-state index is -2.19. The third-order valence-electron chi connectivity index (χ3n) is 5.80. The van der Waals surface area contributed by atoms with Gasteiger partial charge in [0.2, 0.25) is 5.67 Å². The van der Waals surface area contributed by atoms with Gasteiger partial charge in [0.15, 0.2) is 0 Å². The standard InChI is InChI=1S/C25H25FN2O2/c26-25(24(29)30)18-28(17-20-9-5-2-6-10-20)23(25)14-13-22-12-11-21(16-27-22)15-19-7-3-1-4-8-19/h1-12,16,23H,13-15,17-18H2,(H,29,30). The van der Waals surface area contributed by atoms with Crippen LogP contribution in [0.4, 0.5) is 4.39 Å². The van der Waals surface area contributed by atoms with Gasteiger partial charge >= 0.3 is 5.97 Å². The average molecular weight is 404 g/mol. The molecule has 154 valence electrons. The largest absolute Gasteiger partial charge is 0.479 e. The van der Waals surface area contributed by atoms with Crippen molar-refractivity contribution in [2.24, 2.45) is 0 Å². The van der Waals surface area contributed by atoms with Gasteiger partial charge in [-0.1, -0.05) is 66.7 Å². The first-order valence-electron chi connectivity index (χ1n) is 10.2. The van der Waals surface area contributed by atoms with E-state index in [-0.39, 0.29) is 6.54 Å². The first-order chi connectivity index (χ1) is 14.5. The molecule has 1 saturated heterocycles. The third-order valence-corrected chi connectivity index (χ3v) is 5.80. The Morgan fingerprint density at radius 1 is 1.00 bits per heavy atom. The van der Waals surface area contributed by atoms with E-state index in [1.165, 1.54) is 5.56 Å². The minimum Gasteiger partial charge on any atom is -0.479 e. The molecule has 2 atom stereocenters. The number of hydrogen-bond donors (Lipinski definition) is 1. The number of pyridine rings is 1. The van der Waals surface area contributed by atoms with Crippen molar-refractivity contribution in [3.63, 3.8) is 0 Å². The number of rotatable bonds is 8. The molecule has 1 aromatic heterocycles. The van der Waals surface area contributed by atoms with Crippen molar-refractivity contribution in [3.8, 4) is 0 Å². The van der Waals surface area contributed by atoms with Crippen molar-refractivity contribution in [2.45, 2.75) is 37.5 Å². The third kappa shape index (κ3) is 4.41. The Balaban J connectivity index is 1.39. The van der Waals surface area contributed by atoms with Crippen molar-refractivity contribution in [1.82, 2.24) is 9.88 Å². The van der Waals surface area contributed by atoms with Crippen LogP contribution >= 0.6 is 0 Å². The van der Waals surface area contributed by atoms with Gasteiger partial charge in [0.25, 0.3) is 0 Å². The Bertz CT molecular complexity index is 979. The van der Waals surface area contributed by atoms with Gasteiger partial charge in [-0.05, 0) is 42.0 Å². The normalized spacial score (nSPS) is 21.2. The fourth-order valence-electron chi connectivity index (χ4n) is 4.12. The summed E-state index contributed by atoms with van der Waals surface area (Å²) in [5, 5.41) is 9.40. The number of carboxylic acid groups (broad SMARTS) is 1. The van der Waals surface area contributed by atoms with E-state index in [0.29, 0.717) is 19.4 Å². The number of alkyl halides is 1. The number of aliphatic carboxylic acids is 1. The van der Waals surface area contributed by atoms with E-state index < -0.39 is 17.7 Å². The second-order valence-corrected chi connectivity index (χ2v) is 7.93. The molecule has 0 radical (unpaired) electrons. The summed E-state index contributed by atoms with van der Waals surface area (Å²) in [4.78, 5) is 18.0. The average Bonchev–Trinajstić information content (AvgIpc) is 2.76. The summed E-state index contributed by atoms with van der Waals surface area (Å²) in [6.07, 6.45) is 3.63. The van der Waals surface area contributed by atoms with Crippen LogP contribution in [0.2, 0.25) is 0 Å². The SMILES string of the molecule is O=C(O)C1(F)CN(Cc2ccccc2)C1CCc1ccc(Cc2ccccc2)cn1. The number of aryl methyl sites for hydroxylation is 1. The molecule has 1 aliphatic heterocycles. The minimum absolute atomic E-state index is 0.0780. The number of likely N-dealkylation sites (tertiary alicyclic amines) is 1. The molecule has 30 heavy (non-hydrogen) atoms. The second kappa shape index (κ2) is 8.76. The van der Waals surface area contributed by atoms with Crippen LogP contribution in [0.1, 0.15) is 28.8 Å². The van der Waals surface area contributed by atoms with Crippen LogP contribution in [0.5, 0.6) is 0 Å². The monoisotopic (exact) mass is 404 g/mol. The number of nitrogens with zero attached hydrogens (tertiary/aromatic N) is 2. The lowest BCUT2D eigenvalue weighted by Gasteiger charge is -2.50. The lowest BCUT2D eigenvalue weighted by molar-refractivity contribution is -0.177. The molecule has 1 fully saturated rings. The maximum absolute atomic E-state index is 15.0. The zero-order valence-corrected chi connectivity index (χ0v) is 16.7. The molecule has 5 heteroatoms. The van der Waals surface area contributed by atoms with Gasteiger partial charge in [-0.2, -0.15) is 0 Å². The molecule has 0 spiro atoms. The van der Waals surface area contributed by atoms with E-state index in [4.69, 9.17) is 0 Å². The van der Waals surface area contributed by atoms with Gasteiger partial charge in [-0.15, -0.1) is 0 Å². The van der Waals surface area contributed by atoms with Crippen LogP contribution in [-0.4, -0.2) is 39.2 Å². The van der Waals surface area contributed by atoms with Gasteiger partial charge in [0, 0.05) is 25.0 Å². The molecule has 0 saturated carbocycles. The predicted octanol–water partition coefficient (Wildman–Crippen LogP) is 4.28. The Hall–Kier alpha value is -3.05. The molecule has 1 aliphatic rings. The summed E-state index contributed by atoms with van der Waals surface area (Å²) >= 11 is 0. The van der Waals surface area contributed by atoms with Crippen molar-refractivity contribution in [2.75, 3.05) is 6.54 Å². The van der Waals surface area contributed by atoms with E-state index in [9.17, 15) is 14.3 Å². The van der Waals surface area contributed by atoms with Crippen molar-refractivity contribution in [1.29, 1.82) is 0 Å². The number of hydrogen-bond acceptors (Lipinski definition) is 3.